The molecule has 0 saturated carbocycles. The Labute approximate surface area is 169 Å². The minimum absolute atomic E-state index is 0.0128. The van der Waals surface area contributed by atoms with E-state index in [0.29, 0.717) is 31.8 Å². The Morgan fingerprint density at radius 3 is 2.18 bits per heavy atom. The van der Waals surface area contributed by atoms with E-state index < -0.39 is 6.04 Å². The van der Waals surface area contributed by atoms with Gasteiger partial charge in [0.1, 0.15) is 6.04 Å². The molecule has 150 valence electrons. The third-order valence-electron chi connectivity index (χ3n) is 4.73. The standard InChI is InChI=1S/C24H32N2O2/c1-5-23(27)26(17-21-13-11-19(4)12-14-21)22(24(28)25-16-18(2)3)15-20-9-7-6-8-10-20/h6-14,18,22H,5,15-17H2,1-4H3,(H,25,28). The van der Waals surface area contributed by atoms with Crippen molar-refractivity contribution in [3.05, 3.63) is 71.3 Å². The molecule has 0 fully saturated rings. The summed E-state index contributed by atoms with van der Waals surface area (Å²) in [6.45, 7) is 9.04. The molecule has 2 aromatic carbocycles. The Morgan fingerprint density at radius 1 is 0.964 bits per heavy atom. The minimum atomic E-state index is -0.532. The smallest absolute Gasteiger partial charge is 0.243 e. The van der Waals surface area contributed by atoms with Crippen LogP contribution in [0.15, 0.2) is 54.6 Å². The summed E-state index contributed by atoms with van der Waals surface area (Å²) in [5, 5.41) is 3.02. The van der Waals surface area contributed by atoms with Crippen LogP contribution in [0.25, 0.3) is 0 Å². The predicted octanol–water partition coefficient (Wildman–Crippen LogP) is 4.12. The lowest BCUT2D eigenvalue weighted by Crippen LogP contribution is -2.50. The van der Waals surface area contributed by atoms with Gasteiger partial charge in [0.05, 0.1) is 0 Å². The van der Waals surface area contributed by atoms with E-state index in [9.17, 15) is 9.59 Å². The topological polar surface area (TPSA) is 49.4 Å². The van der Waals surface area contributed by atoms with Crippen molar-refractivity contribution in [3.8, 4) is 0 Å². The summed E-state index contributed by atoms with van der Waals surface area (Å²) < 4.78 is 0. The number of rotatable bonds is 9. The third-order valence-corrected chi connectivity index (χ3v) is 4.73. The molecule has 1 atom stereocenters. The summed E-state index contributed by atoms with van der Waals surface area (Å²) in [6, 6.07) is 17.5. The van der Waals surface area contributed by atoms with Crippen LogP contribution in [0.1, 0.15) is 43.9 Å². The van der Waals surface area contributed by atoms with E-state index in [4.69, 9.17) is 0 Å². The number of hydrogen-bond acceptors (Lipinski definition) is 2. The molecule has 0 radical (unpaired) electrons. The summed E-state index contributed by atoms with van der Waals surface area (Å²) in [7, 11) is 0. The number of nitrogens with one attached hydrogen (secondary N) is 1. The van der Waals surface area contributed by atoms with E-state index in [1.165, 1.54) is 5.56 Å². The van der Waals surface area contributed by atoms with Gasteiger partial charge >= 0.3 is 0 Å². The summed E-state index contributed by atoms with van der Waals surface area (Å²) in [5.74, 6) is 0.251. The summed E-state index contributed by atoms with van der Waals surface area (Å²) in [6.07, 6.45) is 0.872. The fourth-order valence-corrected chi connectivity index (χ4v) is 3.07. The van der Waals surface area contributed by atoms with E-state index in [1.54, 1.807) is 4.90 Å². The molecule has 28 heavy (non-hydrogen) atoms. The number of amides is 2. The van der Waals surface area contributed by atoms with Gasteiger partial charge in [0.15, 0.2) is 0 Å². The molecule has 1 unspecified atom stereocenters. The third kappa shape index (κ3) is 6.52. The molecule has 4 heteroatoms. The molecule has 2 rings (SSSR count). The summed E-state index contributed by atoms with van der Waals surface area (Å²) in [4.78, 5) is 27.6. The number of carbonyl (C=O) groups excluding carboxylic acids is 2. The monoisotopic (exact) mass is 380 g/mol. The van der Waals surface area contributed by atoms with Gasteiger partial charge in [-0.05, 0) is 24.0 Å². The molecule has 2 aromatic rings. The maximum atomic E-state index is 13.1. The minimum Gasteiger partial charge on any atom is -0.354 e. The highest BCUT2D eigenvalue weighted by Crippen LogP contribution is 2.16. The average Bonchev–Trinajstić information content (AvgIpc) is 2.70. The van der Waals surface area contributed by atoms with Crippen LogP contribution >= 0.6 is 0 Å². The quantitative estimate of drug-likeness (QED) is 0.711. The van der Waals surface area contributed by atoms with E-state index in [1.807, 2.05) is 68.4 Å². The van der Waals surface area contributed by atoms with E-state index in [2.05, 4.69) is 19.2 Å². The Balaban J connectivity index is 2.31. The summed E-state index contributed by atoms with van der Waals surface area (Å²) in [5.41, 5.74) is 3.25. The van der Waals surface area contributed by atoms with Gasteiger partial charge in [-0.3, -0.25) is 9.59 Å². The first kappa shape index (κ1) is 21.7. The van der Waals surface area contributed by atoms with Crippen LogP contribution in [0.3, 0.4) is 0 Å². The Kier molecular flexibility index (Phi) is 8.24. The number of hydrogen-bond donors (Lipinski definition) is 1. The van der Waals surface area contributed by atoms with Crippen molar-refractivity contribution >= 4 is 11.8 Å². The highest BCUT2D eigenvalue weighted by Gasteiger charge is 2.29. The SMILES string of the molecule is CCC(=O)N(Cc1ccc(C)cc1)C(Cc1ccccc1)C(=O)NCC(C)C. The van der Waals surface area contributed by atoms with Crippen LogP contribution in [0, 0.1) is 12.8 Å². The van der Waals surface area contributed by atoms with Crippen molar-refractivity contribution in [2.45, 2.75) is 53.1 Å². The van der Waals surface area contributed by atoms with Crippen LogP contribution in [0.4, 0.5) is 0 Å². The van der Waals surface area contributed by atoms with Crippen molar-refractivity contribution < 1.29 is 9.59 Å². The van der Waals surface area contributed by atoms with Crippen molar-refractivity contribution in [1.29, 1.82) is 0 Å². The van der Waals surface area contributed by atoms with Crippen LogP contribution in [0.2, 0.25) is 0 Å². The molecule has 0 bridgehead atoms. The van der Waals surface area contributed by atoms with E-state index >= 15 is 0 Å². The van der Waals surface area contributed by atoms with Gasteiger partial charge in [0.2, 0.25) is 11.8 Å². The second kappa shape index (κ2) is 10.6. The molecule has 0 heterocycles. The molecular formula is C24H32N2O2. The van der Waals surface area contributed by atoms with Crippen LogP contribution in [-0.2, 0) is 22.6 Å². The van der Waals surface area contributed by atoms with Crippen LogP contribution < -0.4 is 5.32 Å². The number of carbonyl (C=O) groups is 2. The molecule has 2 amide bonds. The first-order valence-corrected chi connectivity index (χ1v) is 10.1. The number of benzene rings is 2. The van der Waals surface area contributed by atoms with E-state index in [-0.39, 0.29) is 11.8 Å². The average molecular weight is 381 g/mol. The largest absolute Gasteiger partial charge is 0.354 e. The zero-order chi connectivity index (χ0) is 20.5. The van der Waals surface area contributed by atoms with Crippen molar-refractivity contribution in [1.82, 2.24) is 10.2 Å². The zero-order valence-electron chi connectivity index (χ0n) is 17.4. The highest BCUT2D eigenvalue weighted by atomic mass is 16.2. The molecule has 0 aromatic heterocycles. The van der Waals surface area contributed by atoms with Crippen molar-refractivity contribution in [3.63, 3.8) is 0 Å². The second-order valence-electron chi connectivity index (χ2n) is 7.71. The maximum absolute atomic E-state index is 13.1. The Morgan fingerprint density at radius 2 is 1.61 bits per heavy atom. The molecule has 0 aliphatic heterocycles. The molecular weight excluding hydrogens is 348 g/mol. The van der Waals surface area contributed by atoms with Crippen LogP contribution in [-0.4, -0.2) is 29.3 Å². The van der Waals surface area contributed by atoms with Gasteiger partial charge in [0.25, 0.3) is 0 Å². The summed E-state index contributed by atoms with van der Waals surface area (Å²) >= 11 is 0. The molecule has 4 nitrogen and oxygen atoms in total. The lowest BCUT2D eigenvalue weighted by Gasteiger charge is -2.31. The van der Waals surface area contributed by atoms with Gasteiger partial charge in [0, 0.05) is 25.9 Å². The van der Waals surface area contributed by atoms with E-state index in [0.717, 1.165) is 11.1 Å². The molecule has 0 saturated heterocycles. The lowest BCUT2D eigenvalue weighted by molar-refractivity contribution is -0.141. The van der Waals surface area contributed by atoms with Gasteiger partial charge in [-0.15, -0.1) is 0 Å². The first-order chi connectivity index (χ1) is 13.4. The molecule has 0 spiro atoms. The fraction of sp³-hybridized carbons (Fsp3) is 0.417. The lowest BCUT2D eigenvalue weighted by atomic mass is 10.0. The van der Waals surface area contributed by atoms with Crippen LogP contribution in [0.5, 0.6) is 0 Å². The van der Waals surface area contributed by atoms with Gasteiger partial charge < -0.3 is 10.2 Å². The fourth-order valence-electron chi connectivity index (χ4n) is 3.07. The maximum Gasteiger partial charge on any atom is 0.243 e. The first-order valence-electron chi connectivity index (χ1n) is 10.1. The Bertz CT molecular complexity index is 754. The number of nitrogens with zero attached hydrogens (tertiary/aromatic N) is 1. The van der Waals surface area contributed by atoms with Gasteiger partial charge in [-0.25, -0.2) is 0 Å². The highest BCUT2D eigenvalue weighted by molar-refractivity contribution is 5.87. The van der Waals surface area contributed by atoms with Crippen molar-refractivity contribution in [2.75, 3.05) is 6.54 Å². The molecule has 0 aliphatic carbocycles. The second-order valence-corrected chi connectivity index (χ2v) is 7.71. The Hall–Kier alpha value is -2.62. The van der Waals surface area contributed by atoms with Gasteiger partial charge in [-0.2, -0.15) is 0 Å². The zero-order valence-corrected chi connectivity index (χ0v) is 17.4. The normalized spacial score (nSPS) is 11.9. The molecule has 1 N–H and O–H groups in total. The molecule has 0 aliphatic rings. The predicted molar refractivity (Wildman–Crippen MR) is 114 cm³/mol. The number of aryl methyl sites for hydroxylation is 1. The van der Waals surface area contributed by atoms with Gasteiger partial charge in [-0.1, -0.05) is 80.9 Å². The van der Waals surface area contributed by atoms with Crippen molar-refractivity contribution in [2.24, 2.45) is 5.92 Å².